The van der Waals surface area contributed by atoms with E-state index in [0.717, 1.165) is 18.7 Å². The fourth-order valence-corrected chi connectivity index (χ4v) is 10.7. The molecule has 4 saturated carbocycles. The summed E-state index contributed by atoms with van der Waals surface area (Å²) in [6.07, 6.45) is 3.41. The minimum absolute atomic E-state index is 0. The van der Waals surface area contributed by atoms with Gasteiger partial charge in [0, 0.05) is 41.4 Å². The van der Waals surface area contributed by atoms with Gasteiger partial charge in [-0.1, -0.05) is 52.0 Å². The Hall–Kier alpha value is -4.09. The lowest BCUT2D eigenvalue weighted by molar-refractivity contribution is -0.215. The molecular formula is C39H52ClN5O6. The molecule has 0 aliphatic heterocycles. The van der Waals surface area contributed by atoms with Crippen LogP contribution in [-0.2, 0) is 15.0 Å². The van der Waals surface area contributed by atoms with Crippen LogP contribution in [0.15, 0.2) is 60.8 Å². The first kappa shape index (κ1) is 38.1. The Morgan fingerprint density at radius 2 is 1.63 bits per heavy atom. The van der Waals surface area contributed by atoms with E-state index in [-0.39, 0.29) is 48.2 Å². The van der Waals surface area contributed by atoms with Crippen molar-refractivity contribution in [2.45, 2.75) is 64.3 Å². The van der Waals surface area contributed by atoms with Gasteiger partial charge in [-0.15, -0.1) is 12.4 Å². The van der Waals surface area contributed by atoms with E-state index in [2.05, 4.69) is 34.3 Å². The average Bonchev–Trinajstić information content (AvgIpc) is 3.65. The molecule has 4 aliphatic carbocycles. The number of anilines is 1. The Kier molecular flexibility index (Phi) is 11.1. The predicted octanol–water partition coefficient (Wildman–Crippen LogP) is 5.81. The Bertz CT molecular complexity index is 1680. The molecule has 6 atom stereocenters. The SMILES string of the molecule is CCN(CC)CCNC(=O)C1C2(c3c(OC)cccc3OC)CC3CC1(C(C)C)C(C(=O)O)C(N(C(=O)c1ccn[nH]1)c1ccccc1)(C3)C2.Cl. The number of carboxylic acids is 1. The van der Waals surface area contributed by atoms with Gasteiger partial charge in [0.2, 0.25) is 5.91 Å². The van der Waals surface area contributed by atoms with E-state index >= 15 is 4.79 Å². The number of likely N-dealkylation sites (N-methyl/N-ethyl adjacent to an activating group) is 1. The van der Waals surface area contributed by atoms with Crippen LogP contribution >= 0.6 is 12.4 Å². The van der Waals surface area contributed by atoms with Crippen LogP contribution in [0, 0.1) is 29.1 Å². The summed E-state index contributed by atoms with van der Waals surface area (Å²) < 4.78 is 12.1. The van der Waals surface area contributed by atoms with Gasteiger partial charge in [0.05, 0.1) is 31.6 Å². The third-order valence-electron chi connectivity index (χ3n) is 12.2. The number of H-pyrrole nitrogens is 1. The third-order valence-corrected chi connectivity index (χ3v) is 12.2. The van der Waals surface area contributed by atoms with E-state index in [1.165, 1.54) is 6.20 Å². The lowest BCUT2D eigenvalue weighted by atomic mass is 9.30. The summed E-state index contributed by atoms with van der Waals surface area (Å²) in [5.74, 6) is -2.39. The second kappa shape index (κ2) is 14.9. The summed E-state index contributed by atoms with van der Waals surface area (Å²) in [4.78, 5) is 48.1. The highest BCUT2D eigenvalue weighted by molar-refractivity contribution is 6.06. The molecule has 2 aromatic carbocycles. The number of aromatic nitrogens is 2. The smallest absolute Gasteiger partial charge is 0.309 e. The fraction of sp³-hybridized carbons (Fsp3) is 0.538. The number of rotatable bonds is 14. The number of para-hydroxylation sites is 1. The topological polar surface area (TPSA) is 137 Å². The maximum atomic E-state index is 15.1. The van der Waals surface area contributed by atoms with Crippen molar-refractivity contribution in [1.29, 1.82) is 0 Å². The lowest BCUT2D eigenvalue weighted by Crippen LogP contribution is -2.80. The standard InChI is InChI=1S/C39H51N5O6.ClH/c1-7-43(8-2)20-19-40-34(45)32-37(31-29(49-5)15-12-16-30(31)50-6)21-26-22-38(24-37,33(36(47)48)39(32,23-26)25(3)4)44(27-13-10-9-11-14-27)35(46)28-17-18-41-42-28;/h9-18,25-26,32-33H,7-8,19-24H2,1-6H3,(H,40,45)(H,41,42)(H,47,48);1H. The van der Waals surface area contributed by atoms with Crippen LogP contribution in [0.25, 0.3) is 0 Å². The molecule has 4 bridgehead atoms. The number of ether oxygens (including phenoxy) is 2. The molecule has 0 saturated heterocycles. The Morgan fingerprint density at radius 1 is 0.961 bits per heavy atom. The second-order valence-electron chi connectivity index (χ2n) is 14.7. The van der Waals surface area contributed by atoms with E-state index in [4.69, 9.17) is 9.47 Å². The van der Waals surface area contributed by atoms with Crippen LogP contribution in [0.5, 0.6) is 11.5 Å². The monoisotopic (exact) mass is 721 g/mol. The molecule has 12 heteroatoms. The number of hydrogen-bond acceptors (Lipinski definition) is 7. The van der Waals surface area contributed by atoms with Crippen molar-refractivity contribution in [1.82, 2.24) is 20.4 Å². The normalized spacial score (nSPS) is 27.6. The number of halogens is 1. The molecule has 3 N–H and O–H groups in total. The number of aliphatic carboxylic acids is 1. The molecule has 276 valence electrons. The van der Waals surface area contributed by atoms with E-state index in [9.17, 15) is 14.7 Å². The van der Waals surface area contributed by atoms with Crippen molar-refractivity contribution in [2.24, 2.45) is 29.1 Å². The zero-order valence-electron chi connectivity index (χ0n) is 30.5. The molecule has 0 spiro atoms. The number of carboxylic acid groups (broad SMARTS) is 1. The zero-order chi connectivity index (χ0) is 35.8. The summed E-state index contributed by atoms with van der Waals surface area (Å²) in [5, 5.41) is 21.8. The third kappa shape index (κ3) is 5.96. The highest BCUT2D eigenvalue weighted by atomic mass is 35.5. The molecule has 11 nitrogen and oxygen atoms in total. The molecule has 4 aliphatic rings. The van der Waals surface area contributed by atoms with E-state index in [1.807, 2.05) is 62.4 Å². The second-order valence-corrected chi connectivity index (χ2v) is 14.7. The number of aromatic amines is 1. The first-order chi connectivity index (χ1) is 24.0. The van der Waals surface area contributed by atoms with Crippen LogP contribution in [0.4, 0.5) is 5.69 Å². The summed E-state index contributed by atoms with van der Waals surface area (Å²) in [7, 11) is 3.23. The Balaban J connectivity index is 0.00000504. The maximum Gasteiger partial charge on any atom is 0.309 e. The van der Waals surface area contributed by atoms with Crippen molar-refractivity contribution in [3.8, 4) is 11.5 Å². The van der Waals surface area contributed by atoms with Crippen LogP contribution < -0.4 is 19.7 Å². The largest absolute Gasteiger partial charge is 0.496 e. The van der Waals surface area contributed by atoms with Gasteiger partial charge in [0.15, 0.2) is 0 Å². The van der Waals surface area contributed by atoms with E-state index in [1.54, 1.807) is 25.2 Å². The van der Waals surface area contributed by atoms with Crippen molar-refractivity contribution in [3.63, 3.8) is 0 Å². The number of methoxy groups -OCH3 is 2. The van der Waals surface area contributed by atoms with Gasteiger partial charge >= 0.3 is 5.97 Å². The molecule has 6 unspecified atom stereocenters. The van der Waals surface area contributed by atoms with Gasteiger partial charge in [-0.2, -0.15) is 5.10 Å². The first-order valence-corrected chi connectivity index (χ1v) is 17.9. The number of benzene rings is 2. The molecule has 7 rings (SSSR count). The molecule has 0 radical (unpaired) electrons. The van der Waals surface area contributed by atoms with Gasteiger partial charge in [-0.3, -0.25) is 19.5 Å². The quantitative estimate of drug-likeness (QED) is 0.190. The van der Waals surface area contributed by atoms with Crippen molar-refractivity contribution < 1.29 is 29.0 Å². The number of nitrogens with one attached hydrogen (secondary N) is 2. The van der Waals surface area contributed by atoms with Crippen molar-refractivity contribution >= 4 is 35.9 Å². The van der Waals surface area contributed by atoms with Crippen LogP contribution in [0.2, 0.25) is 0 Å². The Labute approximate surface area is 306 Å². The molecule has 51 heavy (non-hydrogen) atoms. The van der Waals surface area contributed by atoms with Gasteiger partial charge in [-0.25, -0.2) is 0 Å². The molecule has 1 aromatic heterocycles. The Morgan fingerprint density at radius 3 is 2.18 bits per heavy atom. The van der Waals surface area contributed by atoms with E-state index < -0.39 is 34.2 Å². The predicted molar refractivity (Wildman–Crippen MR) is 198 cm³/mol. The molecule has 2 amide bonds. The highest BCUT2D eigenvalue weighted by Gasteiger charge is 2.79. The maximum absolute atomic E-state index is 15.1. The number of hydrogen-bond donors (Lipinski definition) is 3. The van der Waals surface area contributed by atoms with Gasteiger partial charge in [0.25, 0.3) is 5.91 Å². The lowest BCUT2D eigenvalue weighted by Gasteiger charge is -2.74. The minimum Gasteiger partial charge on any atom is -0.496 e. The number of carbonyl (C=O) groups excluding carboxylic acids is 2. The number of carbonyl (C=O) groups is 3. The summed E-state index contributed by atoms with van der Waals surface area (Å²) in [5.41, 5.74) is -1.56. The summed E-state index contributed by atoms with van der Waals surface area (Å²) in [6, 6.07) is 16.6. The molecule has 3 aromatic rings. The van der Waals surface area contributed by atoms with Gasteiger partial charge in [-0.05, 0) is 80.9 Å². The zero-order valence-corrected chi connectivity index (χ0v) is 31.3. The van der Waals surface area contributed by atoms with Crippen molar-refractivity contribution in [3.05, 3.63) is 72.1 Å². The van der Waals surface area contributed by atoms with Crippen LogP contribution in [0.3, 0.4) is 0 Å². The molecule has 4 fully saturated rings. The number of amides is 2. The van der Waals surface area contributed by atoms with Crippen molar-refractivity contribution in [2.75, 3.05) is 45.3 Å². The average molecular weight is 722 g/mol. The fourth-order valence-electron chi connectivity index (χ4n) is 10.7. The minimum atomic E-state index is -1.22. The summed E-state index contributed by atoms with van der Waals surface area (Å²) in [6.45, 7) is 11.1. The van der Waals surface area contributed by atoms with Gasteiger partial charge < -0.3 is 29.7 Å². The van der Waals surface area contributed by atoms with Crippen LogP contribution in [-0.4, -0.2) is 83.9 Å². The highest BCUT2D eigenvalue weighted by Crippen LogP contribution is 2.76. The number of nitrogens with zero attached hydrogens (tertiary/aromatic N) is 3. The van der Waals surface area contributed by atoms with Gasteiger partial charge in [0.1, 0.15) is 17.2 Å². The summed E-state index contributed by atoms with van der Waals surface area (Å²) >= 11 is 0. The first-order valence-electron chi connectivity index (χ1n) is 17.9. The van der Waals surface area contributed by atoms with Crippen LogP contribution in [0.1, 0.15) is 69.4 Å². The molecular weight excluding hydrogens is 670 g/mol. The van der Waals surface area contributed by atoms with E-state index in [0.29, 0.717) is 49.5 Å². The molecule has 1 heterocycles.